The molecular formula is C25H24ClN3. The van der Waals surface area contributed by atoms with Crippen molar-refractivity contribution in [3.8, 4) is 17.2 Å². The Morgan fingerprint density at radius 2 is 1.59 bits per heavy atom. The molecule has 3 nitrogen and oxygen atoms in total. The zero-order chi connectivity index (χ0) is 20.1. The molecule has 1 aromatic heterocycles. The highest BCUT2D eigenvalue weighted by molar-refractivity contribution is 6.30. The largest absolute Gasteiger partial charge is 0.299 e. The number of nitrogens with zero attached hydrogens (tertiary/aromatic N) is 3. The fourth-order valence-corrected chi connectivity index (χ4v) is 3.99. The number of nitriles is 1. The molecule has 0 saturated carbocycles. The second-order valence-corrected chi connectivity index (χ2v) is 8.07. The Balaban J connectivity index is 1.41. The lowest BCUT2D eigenvalue weighted by Gasteiger charge is -2.14. The van der Waals surface area contributed by atoms with Crippen LogP contribution in [0.1, 0.15) is 35.2 Å². The van der Waals surface area contributed by atoms with E-state index >= 15 is 0 Å². The second kappa shape index (κ2) is 9.22. The molecule has 2 aromatic carbocycles. The lowest BCUT2D eigenvalue weighted by Crippen LogP contribution is -2.18. The highest BCUT2D eigenvalue weighted by atomic mass is 35.5. The predicted molar refractivity (Wildman–Crippen MR) is 118 cm³/mol. The van der Waals surface area contributed by atoms with Gasteiger partial charge in [0.05, 0.1) is 11.3 Å². The van der Waals surface area contributed by atoms with Gasteiger partial charge in [0.2, 0.25) is 0 Å². The van der Waals surface area contributed by atoms with Gasteiger partial charge in [0.25, 0.3) is 0 Å². The molecule has 2 heterocycles. The molecule has 146 valence electrons. The molecule has 0 amide bonds. The molecule has 4 heteroatoms. The van der Waals surface area contributed by atoms with Crippen molar-refractivity contribution in [3.05, 3.63) is 88.2 Å². The average Bonchev–Trinajstić information content (AvgIpc) is 3.27. The summed E-state index contributed by atoms with van der Waals surface area (Å²) in [7, 11) is 0. The third kappa shape index (κ3) is 5.03. The van der Waals surface area contributed by atoms with Gasteiger partial charge < -0.3 is 0 Å². The number of halogens is 1. The van der Waals surface area contributed by atoms with Crippen molar-refractivity contribution in [1.29, 1.82) is 5.26 Å². The minimum Gasteiger partial charge on any atom is -0.299 e. The first-order valence-corrected chi connectivity index (χ1v) is 10.5. The number of benzene rings is 2. The number of aromatic nitrogens is 1. The van der Waals surface area contributed by atoms with E-state index < -0.39 is 0 Å². The van der Waals surface area contributed by atoms with Gasteiger partial charge in [-0.15, -0.1) is 0 Å². The van der Waals surface area contributed by atoms with Crippen LogP contribution in [0.15, 0.2) is 60.8 Å². The van der Waals surface area contributed by atoms with Crippen LogP contribution in [0, 0.1) is 11.3 Å². The molecule has 4 rings (SSSR count). The number of rotatable bonds is 6. The summed E-state index contributed by atoms with van der Waals surface area (Å²) in [4.78, 5) is 7.10. The van der Waals surface area contributed by atoms with Crippen molar-refractivity contribution in [2.75, 3.05) is 13.1 Å². The van der Waals surface area contributed by atoms with Crippen molar-refractivity contribution in [2.45, 2.75) is 32.2 Å². The highest BCUT2D eigenvalue weighted by Crippen LogP contribution is 2.23. The smallest absolute Gasteiger partial charge is 0.101 e. The quantitative estimate of drug-likeness (QED) is 0.535. The summed E-state index contributed by atoms with van der Waals surface area (Å²) in [5, 5.41) is 10.3. The van der Waals surface area contributed by atoms with Crippen LogP contribution in [-0.2, 0) is 19.4 Å². The van der Waals surface area contributed by atoms with E-state index in [0.29, 0.717) is 10.6 Å². The Morgan fingerprint density at radius 1 is 0.897 bits per heavy atom. The van der Waals surface area contributed by atoms with E-state index in [0.717, 1.165) is 36.2 Å². The number of pyridine rings is 1. The Morgan fingerprint density at radius 3 is 2.28 bits per heavy atom. The Bertz CT molecular complexity index is 998. The molecule has 1 fully saturated rings. The summed E-state index contributed by atoms with van der Waals surface area (Å²) < 4.78 is 0. The van der Waals surface area contributed by atoms with Gasteiger partial charge in [0.1, 0.15) is 6.07 Å². The van der Waals surface area contributed by atoms with Crippen molar-refractivity contribution < 1.29 is 0 Å². The van der Waals surface area contributed by atoms with Crippen molar-refractivity contribution in [2.24, 2.45) is 0 Å². The molecule has 0 spiro atoms. The average molecular weight is 402 g/mol. The van der Waals surface area contributed by atoms with Crippen molar-refractivity contribution in [3.63, 3.8) is 0 Å². The summed E-state index contributed by atoms with van der Waals surface area (Å²) in [5.74, 6) is 0. The zero-order valence-electron chi connectivity index (χ0n) is 16.4. The molecule has 0 bridgehead atoms. The van der Waals surface area contributed by atoms with E-state index in [9.17, 15) is 5.26 Å². The lowest BCUT2D eigenvalue weighted by molar-refractivity contribution is 0.331. The normalized spacial score (nSPS) is 14.1. The van der Waals surface area contributed by atoms with Crippen LogP contribution < -0.4 is 0 Å². The molecular weight excluding hydrogens is 378 g/mol. The first-order valence-electron chi connectivity index (χ1n) is 10.2. The number of likely N-dealkylation sites (tertiary alicyclic amines) is 1. The van der Waals surface area contributed by atoms with Crippen molar-refractivity contribution in [1.82, 2.24) is 9.88 Å². The first kappa shape index (κ1) is 19.6. The van der Waals surface area contributed by atoms with Crippen LogP contribution in [0.5, 0.6) is 0 Å². The summed E-state index contributed by atoms with van der Waals surface area (Å²) in [6.07, 6.45) is 6.13. The van der Waals surface area contributed by atoms with Gasteiger partial charge in [-0.25, -0.2) is 0 Å². The zero-order valence-corrected chi connectivity index (χ0v) is 17.2. The molecule has 3 aromatic rings. The van der Waals surface area contributed by atoms with E-state index in [4.69, 9.17) is 11.6 Å². The fourth-order valence-electron chi connectivity index (χ4n) is 3.86. The Hall–Kier alpha value is -2.67. The van der Waals surface area contributed by atoms with Crippen molar-refractivity contribution >= 4 is 11.6 Å². The number of hydrogen-bond donors (Lipinski definition) is 0. The van der Waals surface area contributed by atoms with Crippen LogP contribution in [0.3, 0.4) is 0 Å². The second-order valence-electron chi connectivity index (χ2n) is 7.64. The van der Waals surface area contributed by atoms with Gasteiger partial charge in [-0.2, -0.15) is 5.26 Å². The van der Waals surface area contributed by atoms with E-state index in [-0.39, 0.29) is 0 Å². The standard InChI is InChI=1S/C25H24ClN3/c26-24-10-8-21(9-11-24)23-15-22(16-27)25(28-17-23)12-7-19-3-5-20(6-4-19)18-29-13-1-2-14-29/h3-6,8-11,15,17H,1-2,7,12-14,18H2. The summed E-state index contributed by atoms with van der Waals surface area (Å²) in [6, 6.07) is 20.7. The maximum absolute atomic E-state index is 9.59. The van der Waals surface area contributed by atoms with Crippen LogP contribution in [0.25, 0.3) is 11.1 Å². The summed E-state index contributed by atoms with van der Waals surface area (Å²) in [5.41, 5.74) is 6.10. The maximum atomic E-state index is 9.59. The number of aryl methyl sites for hydroxylation is 2. The van der Waals surface area contributed by atoms with Crippen LogP contribution in [0.4, 0.5) is 0 Å². The van der Waals surface area contributed by atoms with Gasteiger partial charge >= 0.3 is 0 Å². The molecule has 1 aliphatic heterocycles. The molecule has 1 aliphatic rings. The summed E-state index contributed by atoms with van der Waals surface area (Å²) in [6.45, 7) is 3.49. The van der Waals surface area contributed by atoms with E-state index in [1.807, 2.05) is 36.5 Å². The molecule has 0 N–H and O–H groups in total. The third-order valence-electron chi connectivity index (χ3n) is 5.55. The van der Waals surface area contributed by atoms with E-state index in [1.54, 1.807) is 0 Å². The molecule has 29 heavy (non-hydrogen) atoms. The third-order valence-corrected chi connectivity index (χ3v) is 5.80. The highest BCUT2D eigenvalue weighted by Gasteiger charge is 2.12. The van der Waals surface area contributed by atoms with Crippen LogP contribution in [-0.4, -0.2) is 23.0 Å². The van der Waals surface area contributed by atoms with Gasteiger partial charge in [-0.1, -0.05) is 48.0 Å². The number of hydrogen-bond acceptors (Lipinski definition) is 3. The molecule has 0 aliphatic carbocycles. The monoisotopic (exact) mass is 401 g/mol. The molecule has 0 unspecified atom stereocenters. The minimum atomic E-state index is 0.642. The lowest BCUT2D eigenvalue weighted by atomic mass is 10.0. The van der Waals surface area contributed by atoms with Crippen LogP contribution >= 0.6 is 11.6 Å². The predicted octanol–water partition coefficient (Wildman–Crippen LogP) is 5.65. The molecule has 1 saturated heterocycles. The topological polar surface area (TPSA) is 39.9 Å². The van der Waals surface area contributed by atoms with Crippen LogP contribution in [0.2, 0.25) is 5.02 Å². The summed E-state index contributed by atoms with van der Waals surface area (Å²) >= 11 is 5.96. The fraction of sp³-hybridized carbons (Fsp3) is 0.280. The van der Waals surface area contributed by atoms with Gasteiger partial charge in [0, 0.05) is 23.3 Å². The van der Waals surface area contributed by atoms with Gasteiger partial charge in [-0.05, 0) is 73.7 Å². The molecule has 0 atom stereocenters. The molecule has 0 radical (unpaired) electrons. The van der Waals surface area contributed by atoms with E-state index in [2.05, 4.69) is 40.2 Å². The maximum Gasteiger partial charge on any atom is 0.101 e. The SMILES string of the molecule is N#Cc1cc(-c2ccc(Cl)cc2)cnc1CCc1ccc(CN2CCCC2)cc1. The van der Waals surface area contributed by atoms with Gasteiger partial charge in [-0.3, -0.25) is 9.88 Å². The Kier molecular flexibility index (Phi) is 6.24. The van der Waals surface area contributed by atoms with Gasteiger partial charge in [0.15, 0.2) is 0 Å². The Labute approximate surface area is 177 Å². The van der Waals surface area contributed by atoms with E-state index in [1.165, 1.54) is 37.1 Å². The first-order chi connectivity index (χ1) is 14.2. The minimum absolute atomic E-state index is 0.642.